The van der Waals surface area contributed by atoms with Gasteiger partial charge in [-0.25, -0.2) is 9.67 Å². The van der Waals surface area contributed by atoms with Crippen molar-refractivity contribution in [2.75, 3.05) is 13.1 Å². The highest BCUT2D eigenvalue weighted by atomic mass is 35.5. The lowest BCUT2D eigenvalue weighted by Crippen LogP contribution is -2.30. The van der Waals surface area contributed by atoms with Crippen molar-refractivity contribution in [3.05, 3.63) is 51.7 Å². The van der Waals surface area contributed by atoms with Crippen LogP contribution in [0.25, 0.3) is 11.0 Å². The number of rotatable bonds is 5. The third-order valence-electron chi connectivity index (χ3n) is 6.40. The highest BCUT2D eigenvalue weighted by Gasteiger charge is 2.30. The Hall–Kier alpha value is -2.38. The normalized spacial score (nSPS) is 21.5. The van der Waals surface area contributed by atoms with Gasteiger partial charge in [-0.1, -0.05) is 36.6 Å². The third kappa shape index (κ3) is 3.61. The van der Waals surface area contributed by atoms with Crippen molar-refractivity contribution in [3.8, 4) is 5.75 Å². The molecule has 2 fully saturated rings. The molecule has 0 amide bonds. The van der Waals surface area contributed by atoms with Gasteiger partial charge < -0.3 is 9.72 Å². The zero-order chi connectivity index (χ0) is 20.7. The predicted octanol–water partition coefficient (Wildman–Crippen LogP) is 4.10. The lowest BCUT2D eigenvalue weighted by molar-refractivity contribution is 0.180. The Morgan fingerprint density at radius 3 is 2.83 bits per heavy atom. The van der Waals surface area contributed by atoms with Crippen molar-refractivity contribution in [2.45, 2.75) is 57.2 Å². The van der Waals surface area contributed by atoms with E-state index in [4.69, 9.17) is 21.3 Å². The molecular formula is C22H26ClN5O2. The fourth-order valence-electron chi connectivity index (χ4n) is 4.66. The smallest absolute Gasteiger partial charge is 0.262 e. The molecule has 3 heterocycles. The Kier molecular flexibility index (Phi) is 5.25. The first-order valence-corrected chi connectivity index (χ1v) is 11.1. The lowest BCUT2D eigenvalue weighted by atomic mass is 10.2. The van der Waals surface area contributed by atoms with Crippen molar-refractivity contribution in [2.24, 2.45) is 0 Å². The van der Waals surface area contributed by atoms with E-state index in [1.165, 1.54) is 12.8 Å². The van der Waals surface area contributed by atoms with Gasteiger partial charge in [0.25, 0.3) is 5.56 Å². The van der Waals surface area contributed by atoms with Crippen molar-refractivity contribution < 1.29 is 4.74 Å². The van der Waals surface area contributed by atoms with Crippen LogP contribution < -0.4 is 10.3 Å². The molecule has 5 rings (SSSR count). The van der Waals surface area contributed by atoms with E-state index < -0.39 is 0 Å². The molecule has 1 N–H and O–H groups in total. The molecule has 1 aliphatic heterocycles. The molecule has 2 atom stereocenters. The van der Waals surface area contributed by atoms with E-state index in [9.17, 15) is 4.79 Å². The van der Waals surface area contributed by atoms with Gasteiger partial charge in [0.15, 0.2) is 5.65 Å². The molecule has 1 saturated carbocycles. The largest absolute Gasteiger partial charge is 0.487 e. The van der Waals surface area contributed by atoms with Crippen LogP contribution in [0.2, 0.25) is 5.02 Å². The summed E-state index contributed by atoms with van der Waals surface area (Å²) in [5.41, 5.74) is 0.588. The van der Waals surface area contributed by atoms with E-state index in [0.29, 0.717) is 33.7 Å². The van der Waals surface area contributed by atoms with Crippen molar-refractivity contribution in [1.82, 2.24) is 24.6 Å². The Labute approximate surface area is 180 Å². The number of benzene rings is 1. The third-order valence-corrected chi connectivity index (χ3v) is 6.71. The summed E-state index contributed by atoms with van der Waals surface area (Å²) in [5.74, 6) is 1.40. The van der Waals surface area contributed by atoms with Gasteiger partial charge in [-0.05, 0) is 38.3 Å². The molecule has 7 nitrogen and oxygen atoms in total. The molecule has 8 heteroatoms. The fraction of sp³-hybridized carbons (Fsp3) is 0.500. The Bertz CT molecular complexity index is 1100. The van der Waals surface area contributed by atoms with Gasteiger partial charge in [0.1, 0.15) is 23.1 Å². The standard InChI is InChI=1S/C22H26ClN5O2/c1-14(27-11-10-16(13-27)30-19-9-5-4-8-18(19)23)20-25-21-17(22(29)26-20)12-24-28(21)15-6-2-3-7-15/h4-5,8-9,12,14-16H,2-3,6-7,10-11,13H2,1H3,(H,25,26,29)/t14-,16+/m0/s1. The van der Waals surface area contributed by atoms with Crippen LogP contribution in [0.5, 0.6) is 5.75 Å². The average Bonchev–Trinajstić information content (AvgIpc) is 3.49. The summed E-state index contributed by atoms with van der Waals surface area (Å²) in [6.45, 7) is 3.72. The highest BCUT2D eigenvalue weighted by molar-refractivity contribution is 6.32. The molecule has 1 aliphatic carbocycles. The summed E-state index contributed by atoms with van der Waals surface area (Å²) < 4.78 is 8.07. The van der Waals surface area contributed by atoms with Gasteiger partial charge in [0, 0.05) is 13.1 Å². The maximum Gasteiger partial charge on any atom is 0.262 e. The molecule has 0 unspecified atom stereocenters. The minimum absolute atomic E-state index is 0.0196. The zero-order valence-electron chi connectivity index (χ0n) is 17.1. The average molecular weight is 428 g/mol. The van der Waals surface area contributed by atoms with Crippen LogP contribution in [0, 0.1) is 0 Å². The number of fused-ring (bicyclic) bond motifs is 1. The predicted molar refractivity (Wildman–Crippen MR) is 116 cm³/mol. The van der Waals surface area contributed by atoms with E-state index in [-0.39, 0.29) is 17.7 Å². The fourth-order valence-corrected chi connectivity index (χ4v) is 4.84. The second kappa shape index (κ2) is 8.04. The number of hydrogen-bond donors (Lipinski definition) is 1. The van der Waals surface area contributed by atoms with Crippen molar-refractivity contribution in [3.63, 3.8) is 0 Å². The number of para-hydroxylation sites is 1. The van der Waals surface area contributed by atoms with E-state index >= 15 is 0 Å². The van der Waals surface area contributed by atoms with Gasteiger partial charge in [-0.3, -0.25) is 9.69 Å². The van der Waals surface area contributed by atoms with E-state index in [2.05, 4.69) is 21.9 Å². The van der Waals surface area contributed by atoms with Crippen LogP contribution in [0.4, 0.5) is 0 Å². The molecule has 2 aromatic heterocycles. The van der Waals surface area contributed by atoms with E-state index in [0.717, 1.165) is 32.4 Å². The number of ether oxygens (including phenoxy) is 1. The maximum atomic E-state index is 12.7. The van der Waals surface area contributed by atoms with Crippen LogP contribution in [-0.4, -0.2) is 43.8 Å². The number of aromatic nitrogens is 4. The molecule has 0 spiro atoms. The summed E-state index contributed by atoms with van der Waals surface area (Å²) in [6, 6.07) is 7.88. The second-order valence-corrected chi connectivity index (χ2v) is 8.75. The van der Waals surface area contributed by atoms with Crippen LogP contribution >= 0.6 is 11.6 Å². The number of likely N-dealkylation sites (tertiary alicyclic amines) is 1. The molecule has 1 saturated heterocycles. The molecular weight excluding hydrogens is 402 g/mol. The van der Waals surface area contributed by atoms with Crippen molar-refractivity contribution >= 4 is 22.6 Å². The van der Waals surface area contributed by atoms with Crippen molar-refractivity contribution in [1.29, 1.82) is 0 Å². The second-order valence-electron chi connectivity index (χ2n) is 8.35. The molecule has 2 aliphatic rings. The number of H-pyrrole nitrogens is 1. The van der Waals surface area contributed by atoms with Gasteiger partial charge in [0.05, 0.1) is 23.3 Å². The van der Waals surface area contributed by atoms with Gasteiger partial charge in [-0.2, -0.15) is 5.10 Å². The van der Waals surface area contributed by atoms with Crippen LogP contribution in [-0.2, 0) is 0 Å². The summed E-state index contributed by atoms with van der Waals surface area (Å²) in [6.07, 6.45) is 7.23. The van der Waals surface area contributed by atoms with Gasteiger partial charge in [0.2, 0.25) is 0 Å². The van der Waals surface area contributed by atoms with E-state index in [1.807, 2.05) is 28.9 Å². The number of halogens is 1. The number of nitrogens with one attached hydrogen (secondary N) is 1. The van der Waals surface area contributed by atoms with Gasteiger partial charge in [-0.15, -0.1) is 0 Å². The number of nitrogens with zero attached hydrogens (tertiary/aromatic N) is 4. The summed E-state index contributed by atoms with van der Waals surface area (Å²) in [4.78, 5) is 22.8. The Balaban J connectivity index is 1.36. The zero-order valence-corrected chi connectivity index (χ0v) is 17.8. The van der Waals surface area contributed by atoms with Crippen LogP contribution in [0.15, 0.2) is 35.3 Å². The first kappa shape index (κ1) is 19.6. The summed E-state index contributed by atoms with van der Waals surface area (Å²) in [5, 5.41) is 5.69. The monoisotopic (exact) mass is 427 g/mol. The topological polar surface area (TPSA) is 76.0 Å². The molecule has 3 aromatic rings. The van der Waals surface area contributed by atoms with Gasteiger partial charge >= 0.3 is 0 Å². The molecule has 1 aromatic carbocycles. The first-order chi connectivity index (χ1) is 14.6. The minimum atomic E-state index is -0.117. The molecule has 158 valence electrons. The molecule has 0 radical (unpaired) electrons. The van der Waals surface area contributed by atoms with Crippen LogP contribution in [0.1, 0.15) is 56.9 Å². The van der Waals surface area contributed by atoms with Crippen LogP contribution in [0.3, 0.4) is 0 Å². The summed E-state index contributed by atoms with van der Waals surface area (Å²) >= 11 is 6.23. The number of hydrogen-bond acceptors (Lipinski definition) is 5. The minimum Gasteiger partial charge on any atom is -0.487 e. The Morgan fingerprint density at radius 1 is 1.23 bits per heavy atom. The first-order valence-electron chi connectivity index (χ1n) is 10.7. The van der Waals surface area contributed by atoms with E-state index in [1.54, 1.807) is 6.20 Å². The number of aromatic amines is 1. The maximum absolute atomic E-state index is 12.7. The molecule has 30 heavy (non-hydrogen) atoms. The highest BCUT2D eigenvalue weighted by Crippen LogP contribution is 2.32. The quantitative estimate of drug-likeness (QED) is 0.663. The molecule has 0 bridgehead atoms. The summed E-state index contributed by atoms with van der Waals surface area (Å²) in [7, 11) is 0. The lowest BCUT2D eigenvalue weighted by Gasteiger charge is -2.23. The Morgan fingerprint density at radius 2 is 2.03 bits per heavy atom. The SMILES string of the molecule is C[C@@H](c1nc2c(cnn2C2CCCC2)c(=O)[nH]1)N1CC[C@@H](Oc2ccccc2Cl)C1.